The molecule has 5 nitrogen and oxygen atoms in total. The molecular weight excluding hydrogens is 240 g/mol. The Morgan fingerprint density at radius 3 is 2.84 bits per heavy atom. The van der Waals surface area contributed by atoms with Gasteiger partial charge < -0.3 is 16.0 Å². The molecule has 5 heteroatoms. The third-order valence-corrected chi connectivity index (χ3v) is 4.79. The second-order valence-electron chi connectivity index (χ2n) is 6.18. The van der Waals surface area contributed by atoms with Gasteiger partial charge in [0.25, 0.3) is 0 Å². The Hall–Kier alpha value is -0.650. The van der Waals surface area contributed by atoms with Crippen molar-refractivity contribution in [1.82, 2.24) is 15.1 Å². The smallest absolute Gasteiger partial charge is 0.223 e. The summed E-state index contributed by atoms with van der Waals surface area (Å²) in [5.41, 5.74) is 5.75. The number of nitrogens with one attached hydrogen (secondary N) is 1. The summed E-state index contributed by atoms with van der Waals surface area (Å²) in [6.45, 7) is 4.62. The zero-order chi connectivity index (χ0) is 13.8. The lowest BCUT2D eigenvalue weighted by atomic mass is 9.95. The molecule has 2 aliphatic rings. The van der Waals surface area contributed by atoms with Crippen LogP contribution in [-0.2, 0) is 4.79 Å². The van der Waals surface area contributed by atoms with Crippen LogP contribution in [-0.4, -0.2) is 68.6 Å². The summed E-state index contributed by atoms with van der Waals surface area (Å²) in [5.74, 6) is 0.762. The molecule has 1 aliphatic heterocycles. The van der Waals surface area contributed by atoms with Gasteiger partial charge >= 0.3 is 0 Å². The molecule has 110 valence electrons. The Bertz CT molecular complexity index is 310. The normalized spacial score (nSPS) is 33.5. The molecule has 1 heterocycles. The second kappa shape index (κ2) is 6.68. The van der Waals surface area contributed by atoms with Gasteiger partial charge in [0.2, 0.25) is 5.91 Å². The van der Waals surface area contributed by atoms with Crippen molar-refractivity contribution in [2.45, 2.75) is 25.3 Å². The van der Waals surface area contributed by atoms with E-state index in [1.807, 2.05) is 0 Å². The Balaban J connectivity index is 1.79. The molecule has 3 N–H and O–H groups in total. The standard InChI is InChI=1S/C14H28N4O/c1-17-6-7-18(2)12(10-17)9-16-14(19)13-5-3-4-11(13)8-15/h11-13H,3-10,15H2,1-2H3,(H,16,19)/t11-,12?,13-/m1/s1. The summed E-state index contributed by atoms with van der Waals surface area (Å²) in [6.07, 6.45) is 3.26. The van der Waals surface area contributed by atoms with Gasteiger partial charge in [-0.2, -0.15) is 0 Å². The number of likely N-dealkylation sites (N-methyl/N-ethyl adjacent to an activating group) is 2. The van der Waals surface area contributed by atoms with Gasteiger partial charge in [-0.3, -0.25) is 9.69 Å². The number of hydrogen-bond acceptors (Lipinski definition) is 4. The van der Waals surface area contributed by atoms with Gasteiger partial charge in [0.05, 0.1) is 0 Å². The maximum atomic E-state index is 12.2. The SMILES string of the molecule is CN1CCN(C)C(CNC(=O)[C@@H]2CCC[C@@H]2CN)C1. The van der Waals surface area contributed by atoms with E-state index in [0.717, 1.165) is 45.4 Å². The topological polar surface area (TPSA) is 61.6 Å². The molecule has 1 amide bonds. The minimum Gasteiger partial charge on any atom is -0.354 e. The molecule has 0 aromatic carbocycles. The van der Waals surface area contributed by atoms with E-state index in [2.05, 4.69) is 29.2 Å². The average molecular weight is 268 g/mol. The maximum absolute atomic E-state index is 12.2. The predicted molar refractivity (Wildman–Crippen MR) is 76.8 cm³/mol. The second-order valence-corrected chi connectivity index (χ2v) is 6.18. The molecule has 19 heavy (non-hydrogen) atoms. The summed E-state index contributed by atoms with van der Waals surface area (Å²) < 4.78 is 0. The van der Waals surface area contributed by atoms with E-state index in [9.17, 15) is 4.79 Å². The van der Waals surface area contributed by atoms with Crippen molar-refractivity contribution in [1.29, 1.82) is 0 Å². The van der Waals surface area contributed by atoms with Gasteiger partial charge in [-0.25, -0.2) is 0 Å². The molecule has 1 saturated heterocycles. The highest BCUT2D eigenvalue weighted by atomic mass is 16.1. The van der Waals surface area contributed by atoms with E-state index in [-0.39, 0.29) is 11.8 Å². The molecule has 1 unspecified atom stereocenters. The minimum absolute atomic E-state index is 0.150. The summed E-state index contributed by atoms with van der Waals surface area (Å²) in [5, 5.41) is 3.15. The van der Waals surface area contributed by atoms with Crippen molar-refractivity contribution in [3.05, 3.63) is 0 Å². The van der Waals surface area contributed by atoms with E-state index in [4.69, 9.17) is 5.73 Å². The van der Waals surface area contributed by atoms with Crippen LogP contribution in [0.2, 0.25) is 0 Å². The fourth-order valence-electron chi connectivity index (χ4n) is 3.34. The van der Waals surface area contributed by atoms with E-state index in [1.54, 1.807) is 0 Å². The summed E-state index contributed by atoms with van der Waals surface area (Å²) in [4.78, 5) is 16.9. The first-order valence-electron chi connectivity index (χ1n) is 7.48. The minimum atomic E-state index is 0.150. The summed E-state index contributed by atoms with van der Waals surface area (Å²) >= 11 is 0. The van der Waals surface area contributed by atoms with E-state index < -0.39 is 0 Å². The first-order chi connectivity index (χ1) is 9.11. The molecule has 2 fully saturated rings. The molecule has 2 rings (SSSR count). The highest BCUT2D eigenvalue weighted by Crippen LogP contribution is 2.30. The Kier molecular flexibility index (Phi) is 5.19. The molecule has 0 aromatic heterocycles. The van der Waals surface area contributed by atoms with Crippen LogP contribution >= 0.6 is 0 Å². The van der Waals surface area contributed by atoms with Crippen LogP contribution in [0.1, 0.15) is 19.3 Å². The lowest BCUT2D eigenvalue weighted by Gasteiger charge is -2.38. The Morgan fingerprint density at radius 1 is 1.32 bits per heavy atom. The summed E-state index contributed by atoms with van der Waals surface area (Å²) in [7, 11) is 4.28. The van der Waals surface area contributed by atoms with Crippen molar-refractivity contribution in [2.24, 2.45) is 17.6 Å². The van der Waals surface area contributed by atoms with Gasteiger partial charge in [-0.1, -0.05) is 6.42 Å². The van der Waals surface area contributed by atoms with E-state index in [1.165, 1.54) is 0 Å². The monoisotopic (exact) mass is 268 g/mol. The van der Waals surface area contributed by atoms with E-state index >= 15 is 0 Å². The van der Waals surface area contributed by atoms with Crippen LogP contribution in [0.4, 0.5) is 0 Å². The Labute approximate surface area is 116 Å². The largest absolute Gasteiger partial charge is 0.354 e. The van der Waals surface area contributed by atoms with Crippen molar-refractivity contribution in [3.63, 3.8) is 0 Å². The number of carbonyl (C=O) groups excluding carboxylic acids is 1. The highest BCUT2D eigenvalue weighted by molar-refractivity contribution is 5.79. The van der Waals surface area contributed by atoms with Crippen LogP contribution < -0.4 is 11.1 Å². The predicted octanol–water partition coefficient (Wildman–Crippen LogP) is -0.277. The maximum Gasteiger partial charge on any atom is 0.223 e. The van der Waals surface area contributed by atoms with Gasteiger partial charge in [0, 0.05) is 38.1 Å². The van der Waals surface area contributed by atoms with Crippen molar-refractivity contribution < 1.29 is 4.79 Å². The van der Waals surface area contributed by atoms with E-state index in [0.29, 0.717) is 18.5 Å². The fourth-order valence-corrected chi connectivity index (χ4v) is 3.34. The molecule has 3 atom stereocenters. The number of amides is 1. The van der Waals surface area contributed by atoms with Crippen LogP contribution in [0.3, 0.4) is 0 Å². The number of hydrogen-bond donors (Lipinski definition) is 2. The van der Waals surface area contributed by atoms with Crippen molar-refractivity contribution >= 4 is 5.91 Å². The zero-order valence-corrected chi connectivity index (χ0v) is 12.3. The first kappa shape index (κ1) is 14.8. The lowest BCUT2D eigenvalue weighted by molar-refractivity contribution is -0.126. The number of nitrogens with two attached hydrogens (primary N) is 1. The molecule has 1 aliphatic carbocycles. The molecule has 0 bridgehead atoms. The molecular formula is C14H28N4O. The lowest BCUT2D eigenvalue weighted by Crippen LogP contribution is -2.54. The zero-order valence-electron chi connectivity index (χ0n) is 12.3. The van der Waals surface area contributed by atoms with Gasteiger partial charge in [0.15, 0.2) is 0 Å². The number of piperazine rings is 1. The van der Waals surface area contributed by atoms with Crippen LogP contribution in [0.5, 0.6) is 0 Å². The summed E-state index contributed by atoms with van der Waals surface area (Å²) in [6, 6.07) is 0.431. The van der Waals surface area contributed by atoms with Crippen molar-refractivity contribution in [3.8, 4) is 0 Å². The quantitative estimate of drug-likeness (QED) is 0.736. The third-order valence-electron chi connectivity index (χ3n) is 4.79. The number of rotatable bonds is 4. The van der Waals surface area contributed by atoms with Crippen LogP contribution in [0.25, 0.3) is 0 Å². The molecule has 0 radical (unpaired) electrons. The highest BCUT2D eigenvalue weighted by Gasteiger charge is 2.32. The molecule has 1 saturated carbocycles. The van der Waals surface area contributed by atoms with Gasteiger partial charge in [-0.05, 0) is 39.4 Å². The van der Waals surface area contributed by atoms with Crippen molar-refractivity contribution in [2.75, 3.05) is 46.8 Å². The number of carbonyl (C=O) groups is 1. The van der Waals surface area contributed by atoms with Gasteiger partial charge in [0.1, 0.15) is 0 Å². The molecule has 0 spiro atoms. The van der Waals surface area contributed by atoms with Crippen LogP contribution in [0, 0.1) is 11.8 Å². The average Bonchev–Trinajstić information content (AvgIpc) is 2.88. The van der Waals surface area contributed by atoms with Crippen LogP contribution in [0.15, 0.2) is 0 Å². The third kappa shape index (κ3) is 3.68. The molecule has 0 aromatic rings. The first-order valence-corrected chi connectivity index (χ1v) is 7.48. The Morgan fingerprint density at radius 2 is 2.11 bits per heavy atom. The number of nitrogens with zero attached hydrogens (tertiary/aromatic N) is 2. The van der Waals surface area contributed by atoms with Gasteiger partial charge in [-0.15, -0.1) is 0 Å². The fraction of sp³-hybridized carbons (Fsp3) is 0.929.